The molecule has 0 spiro atoms. The first-order valence-electron chi connectivity index (χ1n) is 5.63. The molecular weight excluding hydrogens is 274 g/mol. The second-order valence-electron chi connectivity index (χ2n) is 4.01. The lowest BCUT2D eigenvalue weighted by molar-refractivity contribution is -0.386. The molecule has 6 nitrogen and oxygen atoms in total. The van der Waals surface area contributed by atoms with Crippen LogP contribution < -0.4 is 9.64 Å². The van der Waals surface area contributed by atoms with E-state index in [-0.39, 0.29) is 13.0 Å². The Morgan fingerprint density at radius 1 is 1.40 bits per heavy atom. The van der Waals surface area contributed by atoms with Gasteiger partial charge in [0.25, 0.3) is 0 Å². The number of carbonyl (C=O) groups is 1. The Bertz CT molecular complexity index is 616. The highest BCUT2D eigenvalue weighted by molar-refractivity contribution is 5.96. The van der Waals surface area contributed by atoms with Crippen molar-refractivity contribution in [2.45, 2.75) is 6.42 Å². The van der Waals surface area contributed by atoms with Crippen LogP contribution in [0.1, 0.15) is 6.42 Å². The van der Waals surface area contributed by atoms with E-state index in [0.29, 0.717) is 6.07 Å². The van der Waals surface area contributed by atoms with Crippen LogP contribution in [0.15, 0.2) is 18.2 Å². The molecule has 0 saturated carbocycles. The highest BCUT2D eigenvalue weighted by atomic mass is 19.1. The number of nitro groups is 1. The Morgan fingerprint density at radius 2 is 2.10 bits per heavy atom. The molecule has 0 atom stereocenters. The minimum atomic E-state index is -1.26. The van der Waals surface area contributed by atoms with Gasteiger partial charge in [0.15, 0.2) is 11.6 Å². The van der Waals surface area contributed by atoms with Crippen LogP contribution in [0.4, 0.5) is 20.2 Å². The lowest BCUT2D eigenvalue weighted by atomic mass is 10.1. The molecule has 1 aliphatic heterocycles. The first-order valence-corrected chi connectivity index (χ1v) is 5.63. The number of carbonyl (C=O) groups excluding carboxylic acids is 1. The highest BCUT2D eigenvalue weighted by Gasteiger charge is 2.31. The summed E-state index contributed by atoms with van der Waals surface area (Å²) in [6.07, 6.45) is 3.17. The van der Waals surface area contributed by atoms with E-state index in [1.165, 1.54) is 0 Å². The fourth-order valence-corrected chi connectivity index (χ4v) is 1.95. The maximum Gasteiger partial charge on any atom is 0.317 e. The van der Waals surface area contributed by atoms with Crippen LogP contribution in [0.5, 0.6) is 5.75 Å². The summed E-state index contributed by atoms with van der Waals surface area (Å²) in [5.41, 5.74) is -1.46. The smallest absolute Gasteiger partial charge is 0.317 e. The van der Waals surface area contributed by atoms with Gasteiger partial charge in [-0.05, 0) is 0 Å². The van der Waals surface area contributed by atoms with E-state index < -0.39 is 39.6 Å². The number of nitro benzene ring substituents is 1. The van der Waals surface area contributed by atoms with Crippen LogP contribution in [0.2, 0.25) is 0 Å². The normalized spacial score (nSPS) is 14.6. The van der Waals surface area contributed by atoms with E-state index in [1.54, 1.807) is 12.2 Å². The van der Waals surface area contributed by atoms with Gasteiger partial charge in [-0.25, -0.2) is 8.78 Å². The van der Waals surface area contributed by atoms with E-state index in [9.17, 15) is 23.7 Å². The molecule has 0 N–H and O–H groups in total. The molecule has 1 aliphatic rings. The predicted octanol–water partition coefficient (Wildman–Crippen LogP) is 2.17. The third-order valence-electron chi connectivity index (χ3n) is 2.85. The van der Waals surface area contributed by atoms with Crippen LogP contribution >= 0.6 is 0 Å². The third-order valence-corrected chi connectivity index (χ3v) is 2.85. The monoisotopic (exact) mass is 284 g/mol. The molecule has 0 bridgehead atoms. The van der Waals surface area contributed by atoms with Crippen molar-refractivity contribution in [3.63, 3.8) is 0 Å². The zero-order valence-electron chi connectivity index (χ0n) is 10.4. The van der Waals surface area contributed by atoms with Crippen molar-refractivity contribution in [1.82, 2.24) is 0 Å². The van der Waals surface area contributed by atoms with Gasteiger partial charge in [-0.15, -0.1) is 0 Å². The molecular formula is C12H10F2N2O4. The van der Waals surface area contributed by atoms with Gasteiger partial charge in [0.1, 0.15) is 5.69 Å². The van der Waals surface area contributed by atoms with Crippen LogP contribution in [0.25, 0.3) is 0 Å². The Balaban J connectivity index is 2.62. The molecule has 2 rings (SSSR count). The van der Waals surface area contributed by atoms with Gasteiger partial charge in [-0.2, -0.15) is 0 Å². The Kier molecular flexibility index (Phi) is 3.64. The van der Waals surface area contributed by atoms with Crippen molar-refractivity contribution in [2.24, 2.45) is 0 Å². The van der Waals surface area contributed by atoms with Crippen molar-refractivity contribution in [2.75, 3.05) is 18.6 Å². The maximum absolute atomic E-state index is 14.2. The molecule has 1 amide bonds. The van der Waals surface area contributed by atoms with E-state index in [4.69, 9.17) is 0 Å². The van der Waals surface area contributed by atoms with Gasteiger partial charge in [0.2, 0.25) is 11.7 Å². The predicted molar refractivity (Wildman–Crippen MR) is 65.7 cm³/mol. The fraction of sp³-hybridized carbons (Fsp3) is 0.250. The summed E-state index contributed by atoms with van der Waals surface area (Å²) in [5, 5.41) is 10.7. The Hall–Kier alpha value is -2.51. The van der Waals surface area contributed by atoms with E-state index >= 15 is 0 Å². The van der Waals surface area contributed by atoms with Crippen LogP contribution in [-0.2, 0) is 4.79 Å². The molecule has 1 heterocycles. The van der Waals surface area contributed by atoms with Crippen molar-refractivity contribution < 1.29 is 23.2 Å². The summed E-state index contributed by atoms with van der Waals surface area (Å²) in [6.45, 7) is -0.00631. The first kappa shape index (κ1) is 13.9. The number of rotatable bonds is 3. The largest absolute Gasteiger partial charge is 0.488 e. The zero-order chi connectivity index (χ0) is 14.9. The molecule has 0 unspecified atom stereocenters. The molecule has 0 radical (unpaired) electrons. The average molecular weight is 284 g/mol. The van der Waals surface area contributed by atoms with Gasteiger partial charge in [-0.1, -0.05) is 12.2 Å². The number of benzene rings is 1. The SMILES string of the molecule is COc1c([N+](=O)[O-])cc(F)c(N2CC=CCC2=O)c1F. The fourth-order valence-electron chi connectivity index (χ4n) is 1.95. The van der Waals surface area contributed by atoms with Crippen molar-refractivity contribution in [3.05, 3.63) is 40.0 Å². The van der Waals surface area contributed by atoms with Gasteiger partial charge >= 0.3 is 5.69 Å². The summed E-state index contributed by atoms with van der Waals surface area (Å²) in [5.74, 6) is -3.64. The summed E-state index contributed by atoms with van der Waals surface area (Å²) in [6, 6.07) is 0.544. The second kappa shape index (κ2) is 5.24. The summed E-state index contributed by atoms with van der Waals surface area (Å²) in [7, 11) is 1.03. The van der Waals surface area contributed by atoms with Gasteiger partial charge in [0.05, 0.1) is 18.1 Å². The topological polar surface area (TPSA) is 72.7 Å². The van der Waals surface area contributed by atoms with Crippen LogP contribution in [0.3, 0.4) is 0 Å². The lowest BCUT2D eigenvalue weighted by Gasteiger charge is -2.24. The van der Waals surface area contributed by atoms with E-state index in [2.05, 4.69) is 4.74 Å². The zero-order valence-corrected chi connectivity index (χ0v) is 10.4. The minimum Gasteiger partial charge on any atom is -0.488 e. The lowest BCUT2D eigenvalue weighted by Crippen LogP contribution is -2.34. The molecule has 20 heavy (non-hydrogen) atoms. The quantitative estimate of drug-likeness (QED) is 0.484. The number of hydrogen-bond donors (Lipinski definition) is 0. The molecule has 0 aliphatic carbocycles. The number of nitrogens with zero attached hydrogens (tertiary/aromatic N) is 2. The van der Waals surface area contributed by atoms with Crippen molar-refractivity contribution in [1.29, 1.82) is 0 Å². The molecule has 1 aromatic rings. The molecule has 0 saturated heterocycles. The Labute approximate surface area is 112 Å². The van der Waals surface area contributed by atoms with Crippen LogP contribution in [-0.4, -0.2) is 24.5 Å². The average Bonchev–Trinajstić information content (AvgIpc) is 2.40. The third kappa shape index (κ3) is 2.20. The summed E-state index contributed by atoms with van der Waals surface area (Å²) < 4.78 is 32.8. The van der Waals surface area contributed by atoms with E-state index in [0.717, 1.165) is 12.0 Å². The summed E-state index contributed by atoms with van der Waals surface area (Å²) >= 11 is 0. The maximum atomic E-state index is 14.2. The number of methoxy groups -OCH3 is 1. The molecule has 0 fully saturated rings. The van der Waals surface area contributed by atoms with Crippen molar-refractivity contribution >= 4 is 17.3 Å². The molecule has 1 aromatic carbocycles. The first-order chi connectivity index (χ1) is 9.47. The second-order valence-corrected chi connectivity index (χ2v) is 4.01. The molecule has 106 valence electrons. The standard InChI is InChI=1S/C12H10F2N2O4/c1-20-12-8(16(18)19)6-7(13)11(10(12)14)15-5-3-2-4-9(15)17/h2-3,6H,4-5H2,1H3. The number of hydrogen-bond acceptors (Lipinski definition) is 4. The molecule has 8 heteroatoms. The number of amides is 1. The Morgan fingerprint density at radius 3 is 2.65 bits per heavy atom. The van der Waals surface area contributed by atoms with Gasteiger partial charge in [0, 0.05) is 13.0 Å². The van der Waals surface area contributed by atoms with Gasteiger partial charge in [-0.3, -0.25) is 14.9 Å². The number of halogens is 2. The summed E-state index contributed by atoms with van der Waals surface area (Å²) in [4.78, 5) is 22.4. The molecule has 0 aromatic heterocycles. The minimum absolute atomic E-state index is 0.00631. The van der Waals surface area contributed by atoms with Crippen molar-refractivity contribution in [3.8, 4) is 5.75 Å². The van der Waals surface area contributed by atoms with Gasteiger partial charge < -0.3 is 9.64 Å². The number of ether oxygens (including phenoxy) is 1. The highest BCUT2D eigenvalue weighted by Crippen LogP contribution is 2.38. The number of anilines is 1. The van der Waals surface area contributed by atoms with E-state index in [1.807, 2.05) is 0 Å². The van der Waals surface area contributed by atoms with Crippen LogP contribution in [0, 0.1) is 21.7 Å².